The minimum Gasteiger partial charge on any atom is -0.497 e. The van der Waals surface area contributed by atoms with E-state index >= 15 is 0 Å². The van der Waals surface area contributed by atoms with Crippen LogP contribution in [-0.4, -0.2) is 31.1 Å². The van der Waals surface area contributed by atoms with E-state index in [0.29, 0.717) is 12.3 Å². The molecule has 0 radical (unpaired) electrons. The third kappa shape index (κ3) is 3.85. The van der Waals surface area contributed by atoms with Gasteiger partial charge in [0.05, 0.1) is 17.3 Å². The van der Waals surface area contributed by atoms with Crippen LogP contribution in [0.5, 0.6) is 5.75 Å². The Kier molecular flexibility index (Phi) is 5.28. The van der Waals surface area contributed by atoms with Crippen molar-refractivity contribution < 1.29 is 13.9 Å². The molecule has 2 aromatic heterocycles. The summed E-state index contributed by atoms with van der Waals surface area (Å²) in [5, 5.41) is 4.97. The summed E-state index contributed by atoms with van der Waals surface area (Å²) in [7, 11) is 1.63. The maximum Gasteiger partial charge on any atom is 0.287 e. The molecule has 160 valence electrons. The zero-order valence-electron chi connectivity index (χ0n) is 17.7. The number of benzene rings is 2. The second kappa shape index (κ2) is 8.23. The van der Waals surface area contributed by atoms with Crippen LogP contribution in [0.2, 0.25) is 0 Å². The number of carbonyl (C=O) groups is 1. The number of piperidine rings is 1. The number of rotatable bonds is 5. The van der Waals surface area contributed by atoms with Gasteiger partial charge in [-0.05, 0) is 49.9 Å². The Morgan fingerprint density at radius 3 is 2.71 bits per heavy atom. The van der Waals surface area contributed by atoms with Gasteiger partial charge in [0.25, 0.3) is 5.91 Å². The Balaban J connectivity index is 1.37. The van der Waals surface area contributed by atoms with E-state index in [0.717, 1.165) is 56.3 Å². The molecule has 1 aliphatic rings. The van der Waals surface area contributed by atoms with E-state index in [9.17, 15) is 4.79 Å². The van der Waals surface area contributed by atoms with Crippen LogP contribution in [0, 0.1) is 6.92 Å². The van der Waals surface area contributed by atoms with Crippen molar-refractivity contribution in [2.75, 3.05) is 25.1 Å². The second-order valence-corrected chi connectivity index (χ2v) is 8.96. The van der Waals surface area contributed by atoms with Crippen molar-refractivity contribution in [1.29, 1.82) is 0 Å². The molecule has 31 heavy (non-hydrogen) atoms. The molecule has 4 aromatic rings. The van der Waals surface area contributed by atoms with Crippen molar-refractivity contribution in [2.24, 2.45) is 0 Å². The highest BCUT2D eigenvalue weighted by Gasteiger charge is 2.20. The predicted octanol–water partition coefficient (Wildman–Crippen LogP) is 5.28. The lowest BCUT2D eigenvalue weighted by Gasteiger charge is -2.25. The molecule has 6 nitrogen and oxygen atoms in total. The quantitative estimate of drug-likeness (QED) is 0.462. The molecule has 0 aliphatic carbocycles. The molecular formula is C24H25N3O3S. The molecular weight excluding hydrogens is 410 g/mol. The van der Waals surface area contributed by atoms with Crippen molar-refractivity contribution in [1.82, 2.24) is 10.3 Å². The van der Waals surface area contributed by atoms with E-state index in [-0.39, 0.29) is 5.91 Å². The van der Waals surface area contributed by atoms with Crippen LogP contribution >= 0.6 is 11.3 Å². The van der Waals surface area contributed by atoms with Gasteiger partial charge in [-0.15, -0.1) is 0 Å². The molecule has 1 saturated heterocycles. The Morgan fingerprint density at radius 2 is 1.97 bits per heavy atom. The average molecular weight is 436 g/mol. The van der Waals surface area contributed by atoms with E-state index in [2.05, 4.69) is 10.2 Å². The highest BCUT2D eigenvalue weighted by atomic mass is 32.1. The van der Waals surface area contributed by atoms with Crippen molar-refractivity contribution in [2.45, 2.75) is 32.7 Å². The number of hydrogen-bond acceptors (Lipinski definition) is 6. The Bertz CT molecular complexity index is 1240. The van der Waals surface area contributed by atoms with Crippen LogP contribution in [0.1, 0.15) is 40.9 Å². The van der Waals surface area contributed by atoms with Gasteiger partial charge < -0.3 is 19.4 Å². The molecule has 1 N–H and O–H groups in total. The molecule has 0 saturated carbocycles. The fourth-order valence-electron chi connectivity index (χ4n) is 4.07. The second-order valence-electron chi connectivity index (χ2n) is 7.95. The topological polar surface area (TPSA) is 67.6 Å². The fourth-order valence-corrected chi connectivity index (χ4v) is 5.10. The minimum atomic E-state index is -0.213. The number of carbonyl (C=O) groups excluding carboxylic acids is 1. The summed E-state index contributed by atoms with van der Waals surface area (Å²) in [5.74, 6) is 0.937. The van der Waals surface area contributed by atoms with Crippen molar-refractivity contribution >= 4 is 43.6 Å². The number of fused-ring (bicyclic) bond motifs is 2. The third-order valence-corrected chi connectivity index (χ3v) is 6.96. The number of ether oxygens (including phenoxy) is 1. The van der Waals surface area contributed by atoms with Gasteiger partial charge >= 0.3 is 0 Å². The smallest absolute Gasteiger partial charge is 0.287 e. The first-order valence-electron chi connectivity index (χ1n) is 10.6. The van der Waals surface area contributed by atoms with Crippen LogP contribution in [0.3, 0.4) is 0 Å². The third-order valence-electron chi connectivity index (χ3n) is 5.88. The maximum absolute atomic E-state index is 12.8. The van der Waals surface area contributed by atoms with Crippen molar-refractivity contribution in [3.05, 3.63) is 53.3 Å². The van der Waals surface area contributed by atoms with Gasteiger partial charge in [0.2, 0.25) is 0 Å². The van der Waals surface area contributed by atoms with Gasteiger partial charge in [0, 0.05) is 36.7 Å². The normalized spacial score (nSPS) is 14.3. The molecule has 1 amide bonds. The van der Waals surface area contributed by atoms with Crippen LogP contribution in [0.15, 0.2) is 40.8 Å². The van der Waals surface area contributed by atoms with Crippen LogP contribution in [-0.2, 0) is 6.54 Å². The van der Waals surface area contributed by atoms with Crippen molar-refractivity contribution in [3.8, 4) is 5.75 Å². The van der Waals surface area contributed by atoms with Crippen molar-refractivity contribution in [3.63, 3.8) is 0 Å². The number of nitrogens with one attached hydrogen (secondary N) is 1. The van der Waals surface area contributed by atoms with Gasteiger partial charge in [0.15, 0.2) is 10.9 Å². The fraction of sp³-hybridized carbons (Fsp3) is 0.333. The van der Waals surface area contributed by atoms with E-state index in [1.165, 1.54) is 19.3 Å². The number of furan rings is 1. The van der Waals surface area contributed by atoms with E-state index in [1.807, 2.05) is 43.3 Å². The summed E-state index contributed by atoms with van der Waals surface area (Å²) in [6.45, 7) is 4.51. The standard InChI is InChI=1S/C24H25N3O3S/c1-15-18-12-19-21(31-24(26-19)27-10-4-3-5-11-27)13-20(18)30-22(15)23(28)25-14-16-6-8-17(29-2)9-7-16/h6-9,12-13H,3-5,10-11,14H2,1-2H3,(H,25,28). The van der Waals surface area contributed by atoms with Crippen LogP contribution in [0.25, 0.3) is 21.2 Å². The Morgan fingerprint density at radius 1 is 1.19 bits per heavy atom. The number of aromatic nitrogens is 1. The van der Waals surface area contributed by atoms with Gasteiger partial charge in [0.1, 0.15) is 11.3 Å². The first kappa shape index (κ1) is 19.9. The number of aryl methyl sites for hydroxylation is 1. The summed E-state index contributed by atoms with van der Waals surface area (Å²) < 4.78 is 12.2. The SMILES string of the molecule is COc1ccc(CNC(=O)c2oc3cc4sc(N5CCCCC5)nc4cc3c2C)cc1. The van der Waals surface area contributed by atoms with Gasteiger partial charge in [-0.3, -0.25) is 4.79 Å². The van der Waals surface area contributed by atoms with E-state index in [1.54, 1.807) is 18.4 Å². The lowest BCUT2D eigenvalue weighted by molar-refractivity contribution is 0.0924. The first-order valence-corrected chi connectivity index (χ1v) is 11.4. The first-order chi connectivity index (χ1) is 15.1. The Labute approximate surface area is 184 Å². The number of anilines is 1. The number of hydrogen-bond donors (Lipinski definition) is 1. The van der Waals surface area contributed by atoms with Crippen LogP contribution < -0.4 is 15.0 Å². The highest BCUT2D eigenvalue weighted by molar-refractivity contribution is 7.22. The monoisotopic (exact) mass is 435 g/mol. The minimum absolute atomic E-state index is 0.213. The summed E-state index contributed by atoms with van der Waals surface area (Å²) in [5.41, 5.74) is 3.54. The largest absolute Gasteiger partial charge is 0.497 e. The van der Waals surface area contributed by atoms with Crippen LogP contribution in [0.4, 0.5) is 5.13 Å². The number of thiazole rings is 1. The molecule has 2 aromatic carbocycles. The zero-order valence-corrected chi connectivity index (χ0v) is 18.6. The molecule has 7 heteroatoms. The van der Waals surface area contributed by atoms with Gasteiger partial charge in [-0.25, -0.2) is 4.98 Å². The lowest BCUT2D eigenvalue weighted by atomic mass is 10.1. The summed E-state index contributed by atoms with van der Waals surface area (Å²) in [6, 6.07) is 11.7. The molecule has 0 unspecified atom stereocenters. The van der Waals surface area contributed by atoms with Gasteiger partial charge in [-0.1, -0.05) is 23.5 Å². The molecule has 3 heterocycles. The molecule has 0 bridgehead atoms. The predicted molar refractivity (Wildman–Crippen MR) is 124 cm³/mol. The average Bonchev–Trinajstić information content (AvgIpc) is 3.37. The van der Waals surface area contributed by atoms with Gasteiger partial charge in [-0.2, -0.15) is 0 Å². The molecule has 0 spiro atoms. The number of nitrogens with zero attached hydrogens (tertiary/aromatic N) is 2. The molecule has 1 fully saturated rings. The summed E-state index contributed by atoms with van der Waals surface area (Å²) in [4.78, 5) is 20.0. The van der Waals surface area contributed by atoms with E-state index < -0.39 is 0 Å². The molecule has 0 atom stereocenters. The van der Waals surface area contributed by atoms with E-state index in [4.69, 9.17) is 14.1 Å². The summed E-state index contributed by atoms with van der Waals surface area (Å²) >= 11 is 1.70. The lowest BCUT2D eigenvalue weighted by Crippen LogP contribution is -2.29. The maximum atomic E-state index is 12.8. The molecule has 5 rings (SSSR count). The molecule has 1 aliphatic heterocycles. The number of amides is 1. The number of methoxy groups -OCH3 is 1. The Hall–Kier alpha value is -3.06. The summed E-state index contributed by atoms with van der Waals surface area (Å²) in [6.07, 6.45) is 3.76. The zero-order chi connectivity index (χ0) is 21.4. The highest BCUT2D eigenvalue weighted by Crippen LogP contribution is 2.35.